The molecule has 1 aliphatic heterocycles. The second-order valence-corrected chi connectivity index (χ2v) is 9.54. The van der Waals surface area contributed by atoms with Gasteiger partial charge in [-0.2, -0.15) is 0 Å². The molecule has 4 rings (SSSR count). The summed E-state index contributed by atoms with van der Waals surface area (Å²) in [6.45, 7) is 9.98. The number of hydrogen-bond donors (Lipinski definition) is 1. The summed E-state index contributed by atoms with van der Waals surface area (Å²) in [4.78, 5) is 34.0. The third-order valence-electron chi connectivity index (χ3n) is 5.76. The third kappa shape index (κ3) is 4.50. The van der Waals surface area contributed by atoms with E-state index in [1.165, 1.54) is 0 Å². The zero-order valence-corrected chi connectivity index (χ0v) is 20.9. The molecule has 2 heterocycles. The Labute approximate surface area is 203 Å². The molecule has 2 amide bonds. The molecule has 3 aromatic rings. The zero-order valence-electron chi connectivity index (χ0n) is 20.0. The molecule has 7 nitrogen and oxygen atoms in total. The molecule has 1 aromatic heterocycles. The van der Waals surface area contributed by atoms with E-state index in [4.69, 9.17) is 9.47 Å². The van der Waals surface area contributed by atoms with Gasteiger partial charge in [-0.3, -0.25) is 14.5 Å². The SMILES string of the molecule is CCOc1ccccc1NC(=O)C(C)N1C(=O)C(CC)Oc2ccc(-c3nc(C)sc3C)cc21. The monoisotopic (exact) mass is 479 g/mol. The molecular weight excluding hydrogens is 450 g/mol. The Kier molecular flexibility index (Phi) is 6.88. The molecule has 0 saturated carbocycles. The van der Waals surface area contributed by atoms with E-state index in [-0.39, 0.29) is 11.8 Å². The maximum absolute atomic E-state index is 13.4. The highest BCUT2D eigenvalue weighted by atomic mass is 32.1. The highest BCUT2D eigenvalue weighted by molar-refractivity contribution is 7.11. The van der Waals surface area contributed by atoms with E-state index in [1.54, 1.807) is 35.3 Å². The van der Waals surface area contributed by atoms with E-state index in [0.29, 0.717) is 35.9 Å². The average Bonchev–Trinajstić information content (AvgIpc) is 3.17. The first-order valence-corrected chi connectivity index (χ1v) is 12.3. The van der Waals surface area contributed by atoms with E-state index in [1.807, 2.05) is 58.0 Å². The molecule has 34 heavy (non-hydrogen) atoms. The van der Waals surface area contributed by atoms with Crippen molar-refractivity contribution < 1.29 is 19.1 Å². The van der Waals surface area contributed by atoms with Crippen LogP contribution in [0.25, 0.3) is 11.3 Å². The highest BCUT2D eigenvalue weighted by Gasteiger charge is 2.39. The predicted molar refractivity (Wildman–Crippen MR) is 135 cm³/mol. The molecular formula is C26H29N3O4S. The Hall–Kier alpha value is -3.39. The Morgan fingerprint density at radius 2 is 2.00 bits per heavy atom. The molecule has 2 atom stereocenters. The number of para-hydroxylation sites is 2. The van der Waals surface area contributed by atoms with Gasteiger partial charge in [-0.15, -0.1) is 11.3 Å². The van der Waals surface area contributed by atoms with Gasteiger partial charge >= 0.3 is 0 Å². The molecule has 2 aromatic carbocycles. The number of rotatable bonds is 7. The van der Waals surface area contributed by atoms with Gasteiger partial charge in [-0.1, -0.05) is 19.1 Å². The molecule has 0 aliphatic carbocycles. The van der Waals surface area contributed by atoms with Crippen LogP contribution in [0.3, 0.4) is 0 Å². The molecule has 0 bridgehead atoms. The second kappa shape index (κ2) is 9.85. The minimum Gasteiger partial charge on any atom is -0.492 e. The van der Waals surface area contributed by atoms with Gasteiger partial charge in [0.2, 0.25) is 5.91 Å². The summed E-state index contributed by atoms with van der Waals surface area (Å²) >= 11 is 1.63. The molecule has 1 aliphatic rings. The molecule has 0 saturated heterocycles. The number of fused-ring (bicyclic) bond motifs is 1. The number of benzene rings is 2. The van der Waals surface area contributed by atoms with Crippen molar-refractivity contribution in [2.24, 2.45) is 0 Å². The molecule has 0 radical (unpaired) electrons. The van der Waals surface area contributed by atoms with E-state index in [0.717, 1.165) is 21.1 Å². The quantitative estimate of drug-likeness (QED) is 0.494. The largest absolute Gasteiger partial charge is 0.492 e. The van der Waals surface area contributed by atoms with E-state index in [2.05, 4.69) is 10.3 Å². The van der Waals surface area contributed by atoms with Gasteiger partial charge in [0.05, 0.1) is 28.7 Å². The Morgan fingerprint density at radius 1 is 1.24 bits per heavy atom. The van der Waals surface area contributed by atoms with Crippen molar-refractivity contribution >= 4 is 34.5 Å². The number of thiazole rings is 1. The lowest BCUT2D eigenvalue weighted by molar-refractivity contribution is -0.129. The van der Waals surface area contributed by atoms with Crippen molar-refractivity contribution in [2.75, 3.05) is 16.8 Å². The lowest BCUT2D eigenvalue weighted by Crippen LogP contribution is -2.53. The third-order valence-corrected chi connectivity index (χ3v) is 6.65. The van der Waals surface area contributed by atoms with Gasteiger partial charge in [-0.05, 0) is 64.4 Å². The number of ether oxygens (including phenoxy) is 2. The predicted octanol–water partition coefficient (Wildman–Crippen LogP) is 5.36. The van der Waals surface area contributed by atoms with Crippen molar-refractivity contribution in [2.45, 2.75) is 53.2 Å². The summed E-state index contributed by atoms with van der Waals surface area (Å²) in [5, 5.41) is 3.90. The molecule has 2 unspecified atom stereocenters. The number of carbonyl (C=O) groups excluding carboxylic acids is 2. The van der Waals surface area contributed by atoms with Gasteiger partial charge in [0.15, 0.2) is 6.10 Å². The van der Waals surface area contributed by atoms with Crippen LogP contribution in [0.1, 0.15) is 37.1 Å². The number of aryl methyl sites for hydroxylation is 2. The highest BCUT2D eigenvalue weighted by Crippen LogP contribution is 2.40. The minimum atomic E-state index is -0.771. The fraction of sp³-hybridized carbons (Fsp3) is 0.346. The summed E-state index contributed by atoms with van der Waals surface area (Å²) in [6.07, 6.45) is -0.143. The topological polar surface area (TPSA) is 80.8 Å². The number of anilines is 2. The van der Waals surface area contributed by atoms with Crippen LogP contribution in [0.4, 0.5) is 11.4 Å². The van der Waals surface area contributed by atoms with Crippen LogP contribution in [0.2, 0.25) is 0 Å². The van der Waals surface area contributed by atoms with Gasteiger partial charge in [0.1, 0.15) is 17.5 Å². The van der Waals surface area contributed by atoms with Crippen LogP contribution in [0, 0.1) is 13.8 Å². The molecule has 1 N–H and O–H groups in total. The van der Waals surface area contributed by atoms with E-state index in [9.17, 15) is 9.59 Å². The first-order chi connectivity index (χ1) is 16.3. The van der Waals surface area contributed by atoms with Gasteiger partial charge in [-0.25, -0.2) is 4.98 Å². The average molecular weight is 480 g/mol. The van der Waals surface area contributed by atoms with Crippen LogP contribution in [-0.4, -0.2) is 35.6 Å². The summed E-state index contributed by atoms with van der Waals surface area (Å²) in [6, 6.07) is 12.2. The number of hydrogen-bond acceptors (Lipinski definition) is 6. The van der Waals surface area contributed by atoms with Crippen LogP contribution >= 0.6 is 11.3 Å². The first-order valence-electron chi connectivity index (χ1n) is 11.4. The smallest absolute Gasteiger partial charge is 0.268 e. The van der Waals surface area contributed by atoms with Crippen molar-refractivity contribution in [3.63, 3.8) is 0 Å². The number of carbonyl (C=O) groups is 2. The van der Waals surface area contributed by atoms with Crippen molar-refractivity contribution in [1.82, 2.24) is 4.98 Å². The maximum atomic E-state index is 13.4. The van der Waals surface area contributed by atoms with Gasteiger partial charge in [0, 0.05) is 10.4 Å². The lowest BCUT2D eigenvalue weighted by atomic mass is 10.0. The van der Waals surface area contributed by atoms with Gasteiger partial charge < -0.3 is 14.8 Å². The van der Waals surface area contributed by atoms with Crippen LogP contribution < -0.4 is 19.7 Å². The van der Waals surface area contributed by atoms with Crippen molar-refractivity contribution in [3.05, 3.63) is 52.3 Å². The number of nitrogens with zero attached hydrogens (tertiary/aromatic N) is 2. The standard InChI is InChI=1S/C26H29N3O4S/c1-6-21-26(31)29(15(3)25(30)28-19-10-8-9-11-22(19)32-7-2)20-14-18(12-13-23(20)33-21)24-16(4)34-17(5)27-24/h8-15,21H,6-7H2,1-5H3,(H,28,30). The second-order valence-electron chi connectivity index (χ2n) is 8.14. The summed E-state index contributed by atoms with van der Waals surface area (Å²) in [5.74, 6) is 0.616. The first kappa shape index (κ1) is 23.8. The van der Waals surface area contributed by atoms with E-state index < -0.39 is 12.1 Å². The fourth-order valence-electron chi connectivity index (χ4n) is 4.09. The van der Waals surface area contributed by atoms with Gasteiger partial charge in [0.25, 0.3) is 5.91 Å². The Morgan fingerprint density at radius 3 is 2.68 bits per heavy atom. The normalized spacial score (nSPS) is 16.0. The Bertz CT molecular complexity index is 1220. The molecule has 8 heteroatoms. The summed E-state index contributed by atoms with van der Waals surface area (Å²) < 4.78 is 11.6. The number of amides is 2. The summed E-state index contributed by atoms with van der Waals surface area (Å²) in [7, 11) is 0. The summed E-state index contributed by atoms with van der Waals surface area (Å²) in [5.41, 5.74) is 2.89. The molecule has 178 valence electrons. The number of aromatic nitrogens is 1. The number of nitrogens with one attached hydrogen (secondary N) is 1. The fourth-order valence-corrected chi connectivity index (χ4v) is 4.93. The molecule has 0 spiro atoms. The van der Waals surface area contributed by atoms with E-state index >= 15 is 0 Å². The molecule has 0 fully saturated rings. The zero-order chi connectivity index (χ0) is 24.4. The van der Waals surface area contributed by atoms with Crippen LogP contribution in [-0.2, 0) is 9.59 Å². The van der Waals surface area contributed by atoms with Crippen molar-refractivity contribution in [3.8, 4) is 22.8 Å². The van der Waals surface area contributed by atoms with Crippen LogP contribution in [0.5, 0.6) is 11.5 Å². The minimum absolute atomic E-state index is 0.237. The Balaban J connectivity index is 1.70. The van der Waals surface area contributed by atoms with Crippen LogP contribution in [0.15, 0.2) is 42.5 Å². The lowest BCUT2D eigenvalue weighted by Gasteiger charge is -2.37. The van der Waals surface area contributed by atoms with Crippen molar-refractivity contribution in [1.29, 1.82) is 0 Å². The maximum Gasteiger partial charge on any atom is 0.268 e.